The van der Waals surface area contributed by atoms with Crippen molar-refractivity contribution in [3.8, 4) is 17.2 Å². The summed E-state index contributed by atoms with van der Waals surface area (Å²) in [4.78, 5) is 11.7. The molecule has 0 saturated heterocycles. The van der Waals surface area contributed by atoms with Crippen molar-refractivity contribution in [3.05, 3.63) is 53.6 Å². The molecule has 0 spiro atoms. The summed E-state index contributed by atoms with van der Waals surface area (Å²) in [6.07, 6.45) is 2.47. The van der Waals surface area contributed by atoms with Gasteiger partial charge in [0.1, 0.15) is 5.75 Å². The summed E-state index contributed by atoms with van der Waals surface area (Å²) in [6.45, 7) is 2.58. The van der Waals surface area contributed by atoms with Gasteiger partial charge in [0.05, 0.1) is 26.4 Å². The molecule has 2 aromatic rings. The zero-order chi connectivity index (χ0) is 18.2. The number of carbonyl (C=O) groups is 1. The largest absolute Gasteiger partial charge is 0.497 e. The summed E-state index contributed by atoms with van der Waals surface area (Å²) >= 11 is 0. The predicted molar refractivity (Wildman–Crippen MR) is 97.3 cm³/mol. The summed E-state index contributed by atoms with van der Waals surface area (Å²) in [5.74, 6) is 0.795. The second-order valence-corrected chi connectivity index (χ2v) is 5.35. The fourth-order valence-corrected chi connectivity index (χ4v) is 2.33. The van der Waals surface area contributed by atoms with E-state index in [-0.39, 0.29) is 5.57 Å². The third kappa shape index (κ3) is 4.76. The number of methoxy groups -OCH3 is 2. The Kier molecular flexibility index (Phi) is 6.46. The first-order valence-corrected chi connectivity index (χ1v) is 7.99. The molecule has 0 aromatic heterocycles. The number of benzene rings is 2. The molecule has 0 bridgehead atoms. The lowest BCUT2D eigenvalue weighted by Crippen LogP contribution is -2.01. The third-order valence-electron chi connectivity index (χ3n) is 3.57. The van der Waals surface area contributed by atoms with E-state index in [2.05, 4.69) is 0 Å². The number of carboxylic acid groups (broad SMARTS) is 1. The molecule has 0 amide bonds. The van der Waals surface area contributed by atoms with Gasteiger partial charge in [-0.1, -0.05) is 25.1 Å². The number of rotatable bonds is 8. The van der Waals surface area contributed by atoms with Crippen molar-refractivity contribution in [2.45, 2.75) is 13.3 Å². The second kappa shape index (κ2) is 8.78. The molecule has 0 radical (unpaired) electrons. The third-order valence-corrected chi connectivity index (χ3v) is 3.57. The fraction of sp³-hybridized carbons (Fsp3) is 0.250. The quantitative estimate of drug-likeness (QED) is 0.577. The Bertz CT molecular complexity index is 764. The highest BCUT2D eigenvalue weighted by molar-refractivity contribution is 6.20. The summed E-state index contributed by atoms with van der Waals surface area (Å²) in [6, 6.07) is 12.3. The van der Waals surface area contributed by atoms with Gasteiger partial charge in [0.25, 0.3) is 0 Å². The lowest BCUT2D eigenvalue weighted by Gasteiger charge is -2.11. The maximum absolute atomic E-state index is 11.7. The summed E-state index contributed by atoms with van der Waals surface area (Å²) in [5.41, 5.74) is 1.45. The number of carboxylic acids is 1. The van der Waals surface area contributed by atoms with Crippen molar-refractivity contribution in [3.63, 3.8) is 0 Å². The van der Waals surface area contributed by atoms with E-state index in [9.17, 15) is 9.90 Å². The average Bonchev–Trinajstić information content (AvgIpc) is 2.64. The van der Waals surface area contributed by atoms with Crippen molar-refractivity contribution in [2.75, 3.05) is 20.8 Å². The molecule has 0 aliphatic carbocycles. The maximum atomic E-state index is 11.7. The van der Waals surface area contributed by atoms with Crippen LogP contribution >= 0.6 is 0 Å². The molecular weight excluding hydrogens is 320 g/mol. The van der Waals surface area contributed by atoms with Gasteiger partial charge in [-0.25, -0.2) is 4.79 Å². The molecule has 0 heterocycles. The zero-order valence-corrected chi connectivity index (χ0v) is 14.6. The van der Waals surface area contributed by atoms with E-state index < -0.39 is 5.97 Å². The first-order valence-electron chi connectivity index (χ1n) is 7.99. The van der Waals surface area contributed by atoms with E-state index >= 15 is 0 Å². The Morgan fingerprint density at radius 3 is 2.52 bits per heavy atom. The van der Waals surface area contributed by atoms with Crippen LogP contribution in [0.3, 0.4) is 0 Å². The van der Waals surface area contributed by atoms with Crippen LogP contribution in [0.25, 0.3) is 11.6 Å². The van der Waals surface area contributed by atoms with E-state index in [1.807, 2.05) is 6.92 Å². The van der Waals surface area contributed by atoms with Crippen molar-refractivity contribution < 1.29 is 24.1 Å². The van der Waals surface area contributed by atoms with Crippen molar-refractivity contribution in [1.82, 2.24) is 0 Å². The standard InChI is InChI=1S/C20H22O5/c1-4-10-25-19-12-14(8-9-18(19)24-3)11-17(20(21)22)15-6-5-7-16(13-15)23-2/h5-9,11-13H,4,10H2,1-3H3,(H,21,22)/b17-11-. The SMILES string of the molecule is CCCOc1cc(/C=C(\C(=O)O)c2cccc(OC)c2)ccc1OC. The van der Waals surface area contributed by atoms with Gasteiger partial charge in [0.2, 0.25) is 0 Å². The van der Waals surface area contributed by atoms with Crippen molar-refractivity contribution in [1.29, 1.82) is 0 Å². The highest BCUT2D eigenvalue weighted by Gasteiger charge is 2.13. The topological polar surface area (TPSA) is 65.0 Å². The van der Waals surface area contributed by atoms with Gasteiger partial charge in [0.15, 0.2) is 11.5 Å². The molecular formula is C20H22O5. The Morgan fingerprint density at radius 2 is 1.88 bits per heavy atom. The van der Waals surface area contributed by atoms with Crippen molar-refractivity contribution in [2.24, 2.45) is 0 Å². The van der Waals surface area contributed by atoms with Crippen LogP contribution in [0.5, 0.6) is 17.2 Å². The number of aliphatic carboxylic acids is 1. The van der Waals surface area contributed by atoms with Crippen LogP contribution in [0, 0.1) is 0 Å². The smallest absolute Gasteiger partial charge is 0.336 e. The van der Waals surface area contributed by atoms with E-state index in [0.717, 1.165) is 6.42 Å². The zero-order valence-electron chi connectivity index (χ0n) is 14.6. The van der Waals surface area contributed by atoms with Crippen LogP contribution in [0.2, 0.25) is 0 Å². The van der Waals surface area contributed by atoms with E-state index in [1.165, 1.54) is 0 Å². The van der Waals surface area contributed by atoms with Crippen LogP contribution < -0.4 is 14.2 Å². The first-order chi connectivity index (χ1) is 12.1. The Hall–Kier alpha value is -2.95. The maximum Gasteiger partial charge on any atom is 0.336 e. The van der Waals surface area contributed by atoms with Crippen LogP contribution in [0.1, 0.15) is 24.5 Å². The summed E-state index contributed by atoms with van der Waals surface area (Å²) < 4.78 is 16.1. The molecule has 1 N–H and O–H groups in total. The molecule has 0 fully saturated rings. The van der Waals surface area contributed by atoms with Crippen LogP contribution in [0.4, 0.5) is 0 Å². The van der Waals surface area contributed by atoms with Gasteiger partial charge < -0.3 is 19.3 Å². The second-order valence-electron chi connectivity index (χ2n) is 5.35. The minimum absolute atomic E-state index is 0.172. The highest BCUT2D eigenvalue weighted by atomic mass is 16.5. The molecule has 0 aliphatic heterocycles. The molecule has 132 valence electrons. The molecule has 25 heavy (non-hydrogen) atoms. The Balaban J connectivity index is 2.44. The van der Waals surface area contributed by atoms with E-state index in [0.29, 0.717) is 35.0 Å². The number of ether oxygens (including phenoxy) is 3. The van der Waals surface area contributed by atoms with Gasteiger partial charge in [-0.2, -0.15) is 0 Å². The fourth-order valence-electron chi connectivity index (χ4n) is 2.33. The average molecular weight is 342 g/mol. The summed E-state index contributed by atoms with van der Waals surface area (Å²) in [7, 11) is 3.12. The molecule has 0 unspecified atom stereocenters. The molecule has 0 atom stereocenters. The predicted octanol–water partition coefficient (Wildman–Crippen LogP) is 4.12. The van der Waals surface area contributed by atoms with Crippen LogP contribution in [-0.2, 0) is 4.79 Å². The minimum Gasteiger partial charge on any atom is -0.497 e. The van der Waals surface area contributed by atoms with Gasteiger partial charge in [-0.15, -0.1) is 0 Å². The van der Waals surface area contributed by atoms with E-state index in [1.54, 1.807) is 62.8 Å². The normalized spacial score (nSPS) is 11.1. The van der Waals surface area contributed by atoms with Gasteiger partial charge in [-0.3, -0.25) is 0 Å². The number of hydrogen-bond acceptors (Lipinski definition) is 4. The van der Waals surface area contributed by atoms with Crippen LogP contribution in [0.15, 0.2) is 42.5 Å². The highest BCUT2D eigenvalue weighted by Crippen LogP contribution is 2.30. The molecule has 0 saturated carbocycles. The molecule has 2 aromatic carbocycles. The van der Waals surface area contributed by atoms with Gasteiger partial charge in [0, 0.05) is 0 Å². The monoisotopic (exact) mass is 342 g/mol. The minimum atomic E-state index is -1.01. The van der Waals surface area contributed by atoms with Gasteiger partial charge in [-0.05, 0) is 47.9 Å². The first kappa shape index (κ1) is 18.4. The van der Waals surface area contributed by atoms with E-state index in [4.69, 9.17) is 14.2 Å². The molecule has 5 heteroatoms. The molecule has 2 rings (SSSR count). The molecule has 0 aliphatic rings. The lowest BCUT2D eigenvalue weighted by atomic mass is 10.0. The number of hydrogen-bond donors (Lipinski definition) is 1. The Labute approximate surface area is 147 Å². The lowest BCUT2D eigenvalue weighted by molar-refractivity contribution is -0.130. The molecule has 5 nitrogen and oxygen atoms in total. The van der Waals surface area contributed by atoms with Crippen LogP contribution in [-0.4, -0.2) is 31.9 Å². The van der Waals surface area contributed by atoms with Crippen molar-refractivity contribution >= 4 is 17.6 Å². The summed E-state index contributed by atoms with van der Waals surface area (Å²) in [5, 5.41) is 9.60. The Morgan fingerprint density at radius 1 is 1.08 bits per heavy atom. The van der Waals surface area contributed by atoms with Gasteiger partial charge >= 0.3 is 5.97 Å².